The fourth-order valence-electron chi connectivity index (χ4n) is 11.6. The SMILES string of the molecule is CN=CC(=CN)c1cc2c(cc1C(F)F)N(C(=N)C1CN(C(C)=O)CCC1NC1CCN(C(=O)CCCN3CCC(CCc4cccc5c4n(C)c(=O)n5C4CCC(=O)NC4=O)CC3)CC1)CCC2. The molecule has 0 aliphatic carbocycles. The molecule has 372 valence electrons. The van der Waals surface area contributed by atoms with Gasteiger partial charge in [-0.15, -0.1) is 0 Å². The summed E-state index contributed by atoms with van der Waals surface area (Å²) in [6.07, 6.45) is 9.46. The number of hydrogen-bond acceptors (Lipinski definition) is 10. The number of benzene rings is 2. The lowest BCUT2D eigenvalue weighted by atomic mass is 9.86. The van der Waals surface area contributed by atoms with E-state index in [2.05, 4.69) is 26.6 Å². The molecule has 18 heteroatoms. The third-order valence-corrected chi connectivity index (χ3v) is 15.5. The smallest absolute Gasteiger partial charge is 0.329 e. The van der Waals surface area contributed by atoms with Crippen molar-refractivity contribution in [3.05, 3.63) is 69.3 Å². The van der Waals surface area contributed by atoms with Gasteiger partial charge < -0.3 is 30.7 Å². The molecule has 3 atom stereocenters. The van der Waals surface area contributed by atoms with Crippen LogP contribution in [0.1, 0.15) is 112 Å². The second kappa shape index (κ2) is 21.9. The highest BCUT2D eigenvalue weighted by Gasteiger charge is 2.39. The van der Waals surface area contributed by atoms with Gasteiger partial charge in [0.25, 0.3) is 6.43 Å². The van der Waals surface area contributed by atoms with Crippen LogP contribution in [0.15, 0.2) is 46.3 Å². The zero-order chi connectivity index (χ0) is 48.9. The molecule has 5 aliphatic heterocycles. The molecule has 0 radical (unpaired) electrons. The van der Waals surface area contributed by atoms with E-state index in [0.717, 1.165) is 93.2 Å². The molecule has 4 amide bonds. The summed E-state index contributed by atoms with van der Waals surface area (Å²) in [5.41, 5.74) is 10.3. The minimum absolute atomic E-state index is 0.0517. The molecule has 0 bridgehead atoms. The van der Waals surface area contributed by atoms with Crippen LogP contribution in [0.4, 0.5) is 14.5 Å². The highest BCUT2D eigenvalue weighted by molar-refractivity contribution is 6.11. The highest BCUT2D eigenvalue weighted by atomic mass is 19.3. The maximum Gasteiger partial charge on any atom is 0.329 e. The molecular weight excluding hydrogens is 885 g/mol. The summed E-state index contributed by atoms with van der Waals surface area (Å²) in [7, 11) is 3.32. The first kappa shape index (κ1) is 49.7. The normalized spacial score (nSPS) is 22.5. The number of aliphatic imine (C=N–C) groups is 1. The monoisotopic (exact) mass is 954 g/mol. The maximum atomic E-state index is 14.6. The average Bonchev–Trinajstić information content (AvgIpc) is 3.60. The Bertz CT molecular complexity index is 2540. The van der Waals surface area contributed by atoms with Crippen molar-refractivity contribution >= 4 is 58.0 Å². The van der Waals surface area contributed by atoms with Gasteiger partial charge in [0.1, 0.15) is 11.9 Å². The molecule has 0 saturated carbocycles. The van der Waals surface area contributed by atoms with Gasteiger partial charge in [-0.3, -0.25) is 44.0 Å². The molecular formula is C51H69F2N11O5. The molecule has 4 saturated heterocycles. The molecule has 3 unspecified atom stereocenters. The highest BCUT2D eigenvalue weighted by Crippen LogP contribution is 2.38. The average molecular weight is 954 g/mol. The van der Waals surface area contributed by atoms with Crippen LogP contribution < -0.4 is 27.0 Å². The van der Waals surface area contributed by atoms with Gasteiger partial charge in [0, 0.05) is 114 Å². The van der Waals surface area contributed by atoms with Crippen molar-refractivity contribution in [3.63, 3.8) is 0 Å². The van der Waals surface area contributed by atoms with Crippen LogP contribution in [0, 0.1) is 17.2 Å². The molecule has 5 aliphatic rings. The molecule has 6 heterocycles. The van der Waals surface area contributed by atoms with Crippen LogP contribution in [0.5, 0.6) is 0 Å². The number of likely N-dealkylation sites (tertiary alicyclic amines) is 3. The lowest BCUT2D eigenvalue weighted by Gasteiger charge is -2.45. The summed E-state index contributed by atoms with van der Waals surface area (Å²) < 4.78 is 32.3. The molecule has 1 aromatic heterocycles. The van der Waals surface area contributed by atoms with E-state index >= 15 is 0 Å². The van der Waals surface area contributed by atoms with E-state index in [-0.39, 0.29) is 53.4 Å². The van der Waals surface area contributed by atoms with Crippen LogP contribution in [0.3, 0.4) is 0 Å². The Kier molecular flexibility index (Phi) is 15.8. The second-order valence-corrected chi connectivity index (χ2v) is 19.7. The van der Waals surface area contributed by atoms with Gasteiger partial charge >= 0.3 is 5.69 Å². The third-order valence-electron chi connectivity index (χ3n) is 15.5. The summed E-state index contributed by atoms with van der Waals surface area (Å²) in [6.45, 7) is 7.15. The van der Waals surface area contributed by atoms with Crippen molar-refractivity contribution in [1.82, 2.24) is 34.5 Å². The van der Waals surface area contributed by atoms with Gasteiger partial charge in [-0.25, -0.2) is 13.6 Å². The largest absolute Gasteiger partial charge is 0.404 e. The number of allylic oxidation sites excluding steroid dienone is 1. The minimum Gasteiger partial charge on any atom is -0.404 e. The number of nitrogens with two attached hydrogens (primary N) is 1. The first-order valence-electron chi connectivity index (χ1n) is 25.0. The van der Waals surface area contributed by atoms with Crippen LogP contribution >= 0.6 is 0 Å². The van der Waals surface area contributed by atoms with E-state index in [1.54, 1.807) is 41.1 Å². The number of para-hydroxylation sites is 1. The van der Waals surface area contributed by atoms with Crippen LogP contribution in [0.25, 0.3) is 16.6 Å². The molecule has 69 heavy (non-hydrogen) atoms. The topological polar surface area (TPSA) is 194 Å². The number of amides is 4. The lowest BCUT2D eigenvalue weighted by molar-refractivity contribution is -0.136. The number of hydrogen-bond donors (Lipinski definition) is 4. The molecule has 8 rings (SSSR count). The first-order chi connectivity index (χ1) is 33.3. The molecule has 5 N–H and O–H groups in total. The van der Waals surface area contributed by atoms with Crippen LogP contribution in [0.2, 0.25) is 0 Å². The summed E-state index contributed by atoms with van der Waals surface area (Å²) in [5.74, 6) is -0.0919. The summed E-state index contributed by atoms with van der Waals surface area (Å²) in [6, 6.07) is 8.50. The maximum absolute atomic E-state index is 14.6. The van der Waals surface area contributed by atoms with Gasteiger partial charge in [-0.05, 0) is 131 Å². The molecule has 0 spiro atoms. The summed E-state index contributed by atoms with van der Waals surface area (Å²) >= 11 is 0. The quantitative estimate of drug-likeness (QED) is 0.0986. The third kappa shape index (κ3) is 10.9. The number of alkyl halides is 2. The fourth-order valence-corrected chi connectivity index (χ4v) is 11.6. The standard InChI is InChI=1S/C51H69F2N11O5/c1-32(65)62-26-19-41(40(31-62)49(55)63-21-5-8-35-27-38(36(29-54)30-56-2)39(48(52)53)28-44(35)63)57-37-17-24-61(25-18-37)46(67)10-6-20-60-22-15-33(16-23-60)11-12-34-7-4-9-42-47(34)59(3)51(69)64(42)43-13-14-45(66)58-50(43)68/h4,7,9,27-30,33,37,40-41,43,48,55,57H,5-6,8,10-26,31,54H2,1-3H3,(H,58,66,68). The Balaban J connectivity index is 0.798. The Labute approximate surface area is 402 Å². The van der Waals surface area contributed by atoms with Gasteiger partial charge in [-0.1, -0.05) is 12.1 Å². The number of piperidine rings is 4. The van der Waals surface area contributed by atoms with Crippen molar-refractivity contribution in [1.29, 1.82) is 5.41 Å². The van der Waals surface area contributed by atoms with Crippen LogP contribution in [-0.4, -0.2) is 131 Å². The number of nitrogens with zero attached hydrogens (tertiary/aromatic N) is 7. The van der Waals surface area contributed by atoms with E-state index in [0.29, 0.717) is 87.0 Å². The molecule has 16 nitrogen and oxygen atoms in total. The second-order valence-electron chi connectivity index (χ2n) is 19.7. The number of halogens is 2. The van der Waals surface area contributed by atoms with Gasteiger partial charge in [0.15, 0.2) is 0 Å². The molecule has 3 aromatic rings. The first-order valence-corrected chi connectivity index (χ1v) is 25.0. The number of carbonyl (C=O) groups excluding carboxylic acids is 4. The van der Waals surface area contributed by atoms with Gasteiger partial charge in [0.2, 0.25) is 23.6 Å². The predicted octanol–water partition coefficient (Wildman–Crippen LogP) is 4.93. The zero-order valence-electron chi connectivity index (χ0n) is 40.4. The zero-order valence-corrected chi connectivity index (χ0v) is 40.4. The number of nitrogens with one attached hydrogen (secondary N) is 3. The number of carbonyl (C=O) groups is 4. The summed E-state index contributed by atoms with van der Waals surface area (Å²) in [4.78, 5) is 76.0. The molecule has 2 aromatic carbocycles. The number of amidine groups is 1. The van der Waals surface area contributed by atoms with Crippen molar-refractivity contribution in [3.8, 4) is 0 Å². The minimum atomic E-state index is -2.76. The van der Waals surface area contributed by atoms with Crippen molar-refractivity contribution < 1.29 is 28.0 Å². The number of imidazole rings is 1. The van der Waals surface area contributed by atoms with Gasteiger partial charge in [-0.2, -0.15) is 0 Å². The number of fused-ring (bicyclic) bond motifs is 2. The van der Waals surface area contributed by atoms with Crippen molar-refractivity contribution in [2.24, 2.45) is 29.6 Å². The number of aryl methyl sites for hydroxylation is 3. The summed E-state index contributed by atoms with van der Waals surface area (Å²) in [5, 5.41) is 15.8. The Morgan fingerprint density at radius 2 is 1.74 bits per heavy atom. The Morgan fingerprint density at radius 3 is 2.43 bits per heavy atom. The lowest BCUT2D eigenvalue weighted by Crippen LogP contribution is -2.59. The van der Waals surface area contributed by atoms with Crippen molar-refractivity contribution in [2.45, 2.75) is 115 Å². The Hall–Kier alpha value is -5.75. The number of rotatable bonds is 14. The van der Waals surface area contributed by atoms with E-state index < -0.39 is 18.4 Å². The molecule has 4 fully saturated rings. The fraction of sp³-hybridized carbons (Fsp3) is 0.588. The number of imide groups is 1. The predicted molar refractivity (Wildman–Crippen MR) is 264 cm³/mol. The van der Waals surface area contributed by atoms with E-state index in [9.17, 15) is 38.2 Å². The van der Waals surface area contributed by atoms with E-state index in [1.807, 2.05) is 21.9 Å². The van der Waals surface area contributed by atoms with E-state index in [1.165, 1.54) is 18.5 Å². The number of anilines is 1. The van der Waals surface area contributed by atoms with Gasteiger partial charge in [0.05, 0.1) is 11.0 Å². The van der Waals surface area contributed by atoms with Crippen LogP contribution in [-0.2, 0) is 39.1 Å². The number of aromatic nitrogens is 2. The van der Waals surface area contributed by atoms with Crippen molar-refractivity contribution in [2.75, 3.05) is 64.3 Å². The Morgan fingerprint density at radius 1 is 0.986 bits per heavy atom. The van der Waals surface area contributed by atoms with E-state index in [4.69, 9.17) is 5.73 Å².